The van der Waals surface area contributed by atoms with Crippen molar-refractivity contribution in [1.82, 2.24) is 24.4 Å². The number of carbonyl (C=O) groups excluding carboxylic acids is 1. The Bertz CT molecular complexity index is 1140. The number of rotatable bonds is 6. The van der Waals surface area contributed by atoms with E-state index in [1.807, 2.05) is 12.1 Å². The first kappa shape index (κ1) is 21.4. The average molecular weight is 487 g/mol. The minimum absolute atomic E-state index is 0.251. The zero-order chi connectivity index (χ0) is 21.3. The molecule has 1 fully saturated rings. The molecule has 160 valence electrons. The fourth-order valence-corrected chi connectivity index (χ4v) is 5.52. The third-order valence-corrected chi connectivity index (χ3v) is 7.70. The van der Waals surface area contributed by atoms with E-state index in [-0.39, 0.29) is 18.5 Å². The van der Waals surface area contributed by atoms with Crippen molar-refractivity contribution < 1.29 is 13.2 Å². The number of halogens is 1. The van der Waals surface area contributed by atoms with Crippen LogP contribution in [0.2, 0.25) is 4.34 Å². The van der Waals surface area contributed by atoms with Gasteiger partial charge in [-0.3, -0.25) is 4.79 Å². The fraction of sp³-hybridized carbons (Fsp3) is 0.353. The van der Waals surface area contributed by atoms with Crippen LogP contribution in [-0.2, 0) is 16.6 Å². The first-order chi connectivity index (χ1) is 14.3. The number of hydrogen-bond acceptors (Lipinski definition) is 9. The summed E-state index contributed by atoms with van der Waals surface area (Å²) in [7, 11) is -3.31. The topological polar surface area (TPSA) is 109 Å². The van der Waals surface area contributed by atoms with Crippen LogP contribution in [-0.4, -0.2) is 59.3 Å². The molecule has 3 aromatic rings. The first-order valence-corrected chi connectivity index (χ1v) is 13.0. The Morgan fingerprint density at radius 2 is 2.27 bits per heavy atom. The van der Waals surface area contributed by atoms with Crippen molar-refractivity contribution in [1.29, 1.82) is 0 Å². The van der Waals surface area contributed by atoms with Gasteiger partial charge in [0.15, 0.2) is 0 Å². The average Bonchev–Trinajstić information content (AvgIpc) is 3.46. The summed E-state index contributed by atoms with van der Waals surface area (Å²) in [6, 6.07) is 5.17. The minimum Gasteiger partial charge on any atom is -0.365 e. The quantitative estimate of drug-likeness (QED) is 0.550. The third-order valence-electron chi connectivity index (χ3n) is 4.61. The molecule has 1 saturated heterocycles. The van der Waals surface area contributed by atoms with Crippen LogP contribution in [0.15, 0.2) is 29.1 Å². The van der Waals surface area contributed by atoms with E-state index in [4.69, 9.17) is 11.6 Å². The summed E-state index contributed by atoms with van der Waals surface area (Å²) in [5, 5.41) is 12.7. The standard InChI is InChI=1S/C17H19ClN6O3S3/c1-30(26,27)23-5-4-19-13(8-23)12-6-16(20-7-11-2-3-15(18)29-11)24(22-12)17(25)14-9-28-10-21-14/h2-3,6,9-10,13,19-20H,4-5,7-8H2,1H3. The molecule has 2 N–H and O–H groups in total. The Morgan fingerprint density at radius 3 is 2.93 bits per heavy atom. The van der Waals surface area contributed by atoms with Crippen LogP contribution in [0.5, 0.6) is 0 Å². The van der Waals surface area contributed by atoms with E-state index in [0.29, 0.717) is 41.2 Å². The van der Waals surface area contributed by atoms with E-state index in [0.717, 1.165) is 4.88 Å². The molecule has 13 heteroatoms. The van der Waals surface area contributed by atoms with Gasteiger partial charge in [0.2, 0.25) is 10.0 Å². The Kier molecular flexibility index (Phi) is 6.23. The summed E-state index contributed by atoms with van der Waals surface area (Å²) < 4.78 is 27.3. The Labute approximate surface area is 186 Å². The number of thiophene rings is 1. The molecule has 3 aromatic heterocycles. The van der Waals surface area contributed by atoms with Crippen LogP contribution in [0.25, 0.3) is 0 Å². The third kappa shape index (κ3) is 4.74. The van der Waals surface area contributed by atoms with Crippen molar-refractivity contribution in [2.45, 2.75) is 12.6 Å². The molecule has 1 aliphatic heterocycles. The van der Waals surface area contributed by atoms with E-state index >= 15 is 0 Å². The number of thiazole rings is 1. The largest absolute Gasteiger partial charge is 0.365 e. The van der Waals surface area contributed by atoms with Crippen LogP contribution < -0.4 is 10.6 Å². The predicted molar refractivity (Wildman–Crippen MR) is 118 cm³/mol. The van der Waals surface area contributed by atoms with Gasteiger partial charge in [0, 0.05) is 36.0 Å². The summed E-state index contributed by atoms with van der Waals surface area (Å²) >= 11 is 8.77. The van der Waals surface area contributed by atoms with E-state index in [1.165, 1.54) is 37.9 Å². The maximum atomic E-state index is 12.9. The van der Waals surface area contributed by atoms with Crippen LogP contribution in [0.4, 0.5) is 5.82 Å². The second-order valence-corrected chi connectivity index (χ2v) is 11.2. The number of hydrogen-bond donors (Lipinski definition) is 2. The lowest BCUT2D eigenvalue weighted by molar-refractivity contribution is 0.0942. The van der Waals surface area contributed by atoms with E-state index in [9.17, 15) is 13.2 Å². The Hall–Kier alpha value is -1.83. The highest BCUT2D eigenvalue weighted by Crippen LogP contribution is 2.25. The van der Waals surface area contributed by atoms with E-state index < -0.39 is 10.0 Å². The number of anilines is 1. The molecular formula is C17H19ClN6O3S3. The van der Waals surface area contributed by atoms with Crippen LogP contribution in [0, 0.1) is 0 Å². The molecule has 4 rings (SSSR count). The monoisotopic (exact) mass is 486 g/mol. The molecule has 4 heterocycles. The number of carbonyl (C=O) groups is 1. The SMILES string of the molecule is CS(=O)(=O)N1CCNC(c2cc(NCc3ccc(Cl)s3)n(C(=O)c3cscn3)n2)C1. The molecule has 0 amide bonds. The van der Waals surface area contributed by atoms with Crippen molar-refractivity contribution in [3.05, 3.63) is 49.7 Å². The van der Waals surface area contributed by atoms with Gasteiger partial charge < -0.3 is 10.6 Å². The van der Waals surface area contributed by atoms with Gasteiger partial charge in [-0.15, -0.1) is 22.7 Å². The molecule has 1 aliphatic rings. The fourth-order valence-electron chi connectivity index (χ4n) is 3.12. The second-order valence-electron chi connectivity index (χ2n) is 6.73. The molecule has 9 nitrogen and oxygen atoms in total. The van der Waals surface area contributed by atoms with Crippen molar-refractivity contribution >= 4 is 56.0 Å². The van der Waals surface area contributed by atoms with Gasteiger partial charge >= 0.3 is 0 Å². The van der Waals surface area contributed by atoms with Gasteiger partial charge in [0.1, 0.15) is 11.5 Å². The summed E-state index contributed by atoms with van der Waals surface area (Å²) in [5.74, 6) is 0.149. The first-order valence-electron chi connectivity index (χ1n) is 9.00. The van der Waals surface area contributed by atoms with Crippen molar-refractivity contribution in [2.75, 3.05) is 31.2 Å². The maximum absolute atomic E-state index is 12.9. The highest BCUT2D eigenvalue weighted by Gasteiger charge is 2.29. The number of nitrogens with zero attached hydrogens (tertiary/aromatic N) is 4. The van der Waals surface area contributed by atoms with Crippen LogP contribution in [0.1, 0.15) is 27.1 Å². The smallest absolute Gasteiger partial charge is 0.299 e. The molecule has 0 aliphatic carbocycles. The van der Waals surface area contributed by atoms with Crippen LogP contribution >= 0.6 is 34.3 Å². The summed E-state index contributed by atoms with van der Waals surface area (Å²) in [6.45, 7) is 1.63. The molecule has 1 atom stereocenters. The molecule has 0 saturated carbocycles. The summed E-state index contributed by atoms with van der Waals surface area (Å²) in [6.07, 6.45) is 1.19. The van der Waals surface area contributed by atoms with Gasteiger partial charge in [0.05, 0.1) is 34.4 Å². The maximum Gasteiger partial charge on any atom is 0.299 e. The lowest BCUT2D eigenvalue weighted by Crippen LogP contribution is -2.48. The Balaban J connectivity index is 1.62. The predicted octanol–water partition coefficient (Wildman–Crippen LogP) is 2.26. The lowest BCUT2D eigenvalue weighted by atomic mass is 10.2. The Morgan fingerprint density at radius 1 is 1.43 bits per heavy atom. The molecule has 1 unspecified atom stereocenters. The number of sulfonamides is 1. The molecular weight excluding hydrogens is 468 g/mol. The normalized spacial score (nSPS) is 17.9. The number of nitrogens with one attached hydrogen (secondary N) is 2. The number of piperazine rings is 1. The van der Waals surface area contributed by atoms with Gasteiger partial charge in [-0.25, -0.2) is 13.4 Å². The molecule has 0 aromatic carbocycles. The van der Waals surface area contributed by atoms with Crippen LogP contribution in [0.3, 0.4) is 0 Å². The lowest BCUT2D eigenvalue weighted by Gasteiger charge is -2.30. The highest BCUT2D eigenvalue weighted by atomic mass is 35.5. The van der Waals surface area contributed by atoms with E-state index in [1.54, 1.807) is 17.0 Å². The van der Waals surface area contributed by atoms with Gasteiger partial charge in [-0.05, 0) is 12.1 Å². The molecule has 0 bridgehead atoms. The molecule has 0 spiro atoms. The van der Waals surface area contributed by atoms with Crippen molar-refractivity contribution in [2.24, 2.45) is 0 Å². The minimum atomic E-state index is -3.31. The molecule has 30 heavy (non-hydrogen) atoms. The number of aromatic nitrogens is 3. The zero-order valence-corrected chi connectivity index (χ0v) is 19.1. The van der Waals surface area contributed by atoms with Gasteiger partial charge in [-0.2, -0.15) is 14.1 Å². The van der Waals surface area contributed by atoms with Gasteiger partial charge in [-0.1, -0.05) is 11.6 Å². The van der Waals surface area contributed by atoms with Crippen molar-refractivity contribution in [3.63, 3.8) is 0 Å². The molecule has 0 radical (unpaired) electrons. The van der Waals surface area contributed by atoms with E-state index in [2.05, 4.69) is 20.7 Å². The van der Waals surface area contributed by atoms with Crippen molar-refractivity contribution in [3.8, 4) is 0 Å². The summed E-state index contributed by atoms with van der Waals surface area (Å²) in [4.78, 5) is 18.0. The zero-order valence-electron chi connectivity index (χ0n) is 15.9. The summed E-state index contributed by atoms with van der Waals surface area (Å²) in [5.41, 5.74) is 2.47. The second kappa shape index (κ2) is 8.73. The highest BCUT2D eigenvalue weighted by molar-refractivity contribution is 7.88. The van der Waals surface area contributed by atoms with Gasteiger partial charge in [0.25, 0.3) is 5.91 Å².